The summed E-state index contributed by atoms with van der Waals surface area (Å²) in [5, 5.41) is 0. The van der Waals surface area contributed by atoms with Crippen molar-refractivity contribution in [1.29, 1.82) is 0 Å². The Morgan fingerprint density at radius 2 is 2.19 bits per heavy atom. The summed E-state index contributed by atoms with van der Waals surface area (Å²) in [5.41, 5.74) is -0.130. The molecule has 1 rings (SSSR count). The summed E-state index contributed by atoms with van der Waals surface area (Å²) in [5.74, 6) is 0.499. The lowest BCUT2D eigenvalue weighted by molar-refractivity contribution is 0.372. The summed E-state index contributed by atoms with van der Waals surface area (Å²) in [4.78, 5) is 22.5. The molecule has 90 valence electrons. The zero-order valence-electron chi connectivity index (χ0n) is 10.4. The van der Waals surface area contributed by atoms with E-state index < -0.39 is 0 Å². The lowest BCUT2D eigenvalue weighted by Gasteiger charge is -2.30. The van der Waals surface area contributed by atoms with Crippen molar-refractivity contribution >= 4 is 5.82 Å². The number of aromatic nitrogens is 2. The molecule has 0 aliphatic rings. The van der Waals surface area contributed by atoms with E-state index in [0.29, 0.717) is 5.82 Å². The molecule has 16 heavy (non-hydrogen) atoms. The van der Waals surface area contributed by atoms with Crippen LogP contribution in [0.2, 0.25) is 0 Å². The number of H-pyrrole nitrogens is 1. The first-order valence-electron chi connectivity index (χ1n) is 5.51. The fraction of sp³-hybridized carbons (Fsp3) is 0.636. The van der Waals surface area contributed by atoms with Gasteiger partial charge >= 0.3 is 0 Å². The lowest BCUT2D eigenvalue weighted by atomic mass is 10.2. The molecule has 0 amide bonds. The predicted molar refractivity (Wildman–Crippen MR) is 65.9 cm³/mol. The third-order valence-corrected chi connectivity index (χ3v) is 2.46. The number of nitrogens with zero attached hydrogens (tertiary/aromatic N) is 3. The zero-order valence-corrected chi connectivity index (χ0v) is 10.4. The molecule has 1 atom stereocenters. The quantitative estimate of drug-likeness (QED) is 0.793. The van der Waals surface area contributed by atoms with Gasteiger partial charge in [0.25, 0.3) is 5.56 Å². The van der Waals surface area contributed by atoms with Gasteiger partial charge in [-0.05, 0) is 27.9 Å². The van der Waals surface area contributed by atoms with Gasteiger partial charge in [-0.15, -0.1) is 0 Å². The SMILES string of the molecule is CCN(c1ncc[nH]c1=O)C(C)CN(C)C. The Labute approximate surface area is 96.1 Å². The first-order chi connectivity index (χ1) is 7.56. The van der Waals surface area contributed by atoms with Crippen LogP contribution in [0, 0.1) is 0 Å². The molecule has 1 N–H and O–H groups in total. The first-order valence-corrected chi connectivity index (χ1v) is 5.51. The first kappa shape index (κ1) is 12.7. The third-order valence-electron chi connectivity index (χ3n) is 2.46. The molecule has 0 fully saturated rings. The molecule has 0 saturated heterocycles. The second-order valence-electron chi connectivity index (χ2n) is 4.14. The number of nitrogens with one attached hydrogen (secondary N) is 1. The van der Waals surface area contributed by atoms with Crippen LogP contribution < -0.4 is 10.5 Å². The van der Waals surface area contributed by atoms with Gasteiger partial charge in [-0.2, -0.15) is 0 Å². The smallest absolute Gasteiger partial charge is 0.290 e. The van der Waals surface area contributed by atoms with Crippen LogP contribution in [0.3, 0.4) is 0 Å². The maximum atomic E-state index is 11.6. The van der Waals surface area contributed by atoms with Crippen LogP contribution in [-0.4, -0.2) is 48.1 Å². The van der Waals surface area contributed by atoms with E-state index in [-0.39, 0.29) is 11.6 Å². The van der Waals surface area contributed by atoms with Crippen molar-refractivity contribution in [2.24, 2.45) is 0 Å². The summed E-state index contributed by atoms with van der Waals surface area (Å²) in [6.07, 6.45) is 3.16. The number of hydrogen-bond donors (Lipinski definition) is 1. The minimum atomic E-state index is -0.130. The van der Waals surface area contributed by atoms with Crippen LogP contribution in [0.1, 0.15) is 13.8 Å². The maximum absolute atomic E-state index is 11.6. The average Bonchev–Trinajstić information content (AvgIpc) is 2.20. The Morgan fingerprint density at radius 3 is 2.69 bits per heavy atom. The van der Waals surface area contributed by atoms with E-state index in [1.165, 1.54) is 0 Å². The average molecular weight is 224 g/mol. The second kappa shape index (κ2) is 5.65. The Bertz CT molecular complexity index is 374. The molecule has 0 radical (unpaired) electrons. The van der Waals surface area contributed by atoms with Crippen LogP contribution in [0.25, 0.3) is 0 Å². The molecule has 0 bridgehead atoms. The predicted octanol–water partition coefficient (Wildman–Crippen LogP) is 0.546. The van der Waals surface area contributed by atoms with Crippen LogP contribution >= 0.6 is 0 Å². The molecule has 5 nitrogen and oxygen atoms in total. The van der Waals surface area contributed by atoms with E-state index >= 15 is 0 Å². The van der Waals surface area contributed by atoms with Gasteiger partial charge in [0.1, 0.15) is 0 Å². The third kappa shape index (κ3) is 3.06. The number of anilines is 1. The number of hydrogen-bond acceptors (Lipinski definition) is 4. The van der Waals surface area contributed by atoms with Crippen LogP contribution in [0.5, 0.6) is 0 Å². The number of rotatable bonds is 5. The molecule has 1 unspecified atom stereocenters. The Balaban J connectivity index is 2.90. The van der Waals surface area contributed by atoms with E-state index in [0.717, 1.165) is 13.1 Å². The van der Waals surface area contributed by atoms with Gasteiger partial charge in [-0.25, -0.2) is 4.98 Å². The highest BCUT2D eigenvalue weighted by molar-refractivity contribution is 5.36. The van der Waals surface area contributed by atoms with Crippen molar-refractivity contribution in [3.63, 3.8) is 0 Å². The Kier molecular flexibility index (Phi) is 4.49. The number of aromatic amines is 1. The summed E-state index contributed by atoms with van der Waals surface area (Å²) < 4.78 is 0. The highest BCUT2D eigenvalue weighted by Gasteiger charge is 2.17. The van der Waals surface area contributed by atoms with Crippen molar-refractivity contribution < 1.29 is 0 Å². The molecule has 0 aliphatic heterocycles. The second-order valence-corrected chi connectivity index (χ2v) is 4.14. The molecule has 1 heterocycles. The minimum absolute atomic E-state index is 0.130. The van der Waals surface area contributed by atoms with Gasteiger partial charge in [0.2, 0.25) is 0 Å². The van der Waals surface area contributed by atoms with E-state index in [2.05, 4.69) is 21.8 Å². The molecule has 0 spiro atoms. The lowest BCUT2D eigenvalue weighted by Crippen LogP contribution is -2.43. The van der Waals surface area contributed by atoms with Gasteiger partial charge in [0.05, 0.1) is 0 Å². The Morgan fingerprint density at radius 1 is 1.50 bits per heavy atom. The molecular formula is C11H20N4O. The van der Waals surface area contributed by atoms with Crippen LogP contribution in [-0.2, 0) is 0 Å². The van der Waals surface area contributed by atoms with Gasteiger partial charge < -0.3 is 14.8 Å². The fourth-order valence-electron chi connectivity index (χ4n) is 1.85. The molecule has 0 aliphatic carbocycles. The largest absolute Gasteiger partial charge is 0.348 e. The van der Waals surface area contributed by atoms with E-state index in [9.17, 15) is 4.79 Å². The summed E-state index contributed by atoms with van der Waals surface area (Å²) in [7, 11) is 4.04. The van der Waals surface area contributed by atoms with Crippen molar-refractivity contribution in [3.8, 4) is 0 Å². The van der Waals surface area contributed by atoms with E-state index in [4.69, 9.17) is 0 Å². The molecule has 0 saturated carbocycles. The highest BCUT2D eigenvalue weighted by Crippen LogP contribution is 2.08. The topological polar surface area (TPSA) is 52.2 Å². The molecule has 5 heteroatoms. The Hall–Kier alpha value is -1.36. The van der Waals surface area contributed by atoms with Gasteiger partial charge in [0, 0.05) is 31.5 Å². The molecular weight excluding hydrogens is 204 g/mol. The molecule has 0 aromatic carbocycles. The molecule has 1 aromatic heterocycles. The van der Waals surface area contributed by atoms with E-state index in [1.54, 1.807) is 12.4 Å². The summed E-state index contributed by atoms with van der Waals surface area (Å²) in [6.45, 7) is 5.79. The normalized spacial score (nSPS) is 12.8. The highest BCUT2D eigenvalue weighted by atomic mass is 16.1. The maximum Gasteiger partial charge on any atom is 0.290 e. The van der Waals surface area contributed by atoms with Crippen LogP contribution in [0.15, 0.2) is 17.2 Å². The van der Waals surface area contributed by atoms with Crippen molar-refractivity contribution in [2.75, 3.05) is 32.1 Å². The molecule has 1 aromatic rings. The summed E-state index contributed by atoms with van der Waals surface area (Å²) in [6, 6.07) is 0.260. The van der Waals surface area contributed by atoms with Crippen molar-refractivity contribution in [3.05, 3.63) is 22.7 Å². The number of likely N-dealkylation sites (N-methyl/N-ethyl adjacent to an activating group) is 2. The fourth-order valence-corrected chi connectivity index (χ4v) is 1.85. The monoisotopic (exact) mass is 224 g/mol. The standard InChI is InChI=1S/C11H20N4O/c1-5-15(9(2)8-14(3)4)10-11(16)13-7-6-12-10/h6-7,9H,5,8H2,1-4H3,(H,13,16). The van der Waals surface area contributed by atoms with Crippen molar-refractivity contribution in [1.82, 2.24) is 14.9 Å². The van der Waals surface area contributed by atoms with E-state index in [1.807, 2.05) is 25.9 Å². The van der Waals surface area contributed by atoms with Gasteiger partial charge in [0.15, 0.2) is 5.82 Å². The zero-order chi connectivity index (χ0) is 12.1. The van der Waals surface area contributed by atoms with Crippen molar-refractivity contribution in [2.45, 2.75) is 19.9 Å². The van der Waals surface area contributed by atoms with Gasteiger partial charge in [-0.3, -0.25) is 4.79 Å². The minimum Gasteiger partial charge on any atom is -0.348 e. The summed E-state index contributed by atoms with van der Waals surface area (Å²) >= 11 is 0. The van der Waals surface area contributed by atoms with Crippen LogP contribution in [0.4, 0.5) is 5.82 Å². The van der Waals surface area contributed by atoms with Gasteiger partial charge in [-0.1, -0.05) is 0 Å².